The number of carbonyl (C=O) groups excluding carboxylic acids is 2. The van der Waals surface area contributed by atoms with Gasteiger partial charge in [0.2, 0.25) is 5.91 Å². The first kappa shape index (κ1) is 19.4. The number of esters is 1. The van der Waals surface area contributed by atoms with Crippen LogP contribution in [0.5, 0.6) is 0 Å². The van der Waals surface area contributed by atoms with Crippen molar-refractivity contribution in [1.82, 2.24) is 10.2 Å². The van der Waals surface area contributed by atoms with E-state index in [1.54, 1.807) is 13.0 Å². The summed E-state index contributed by atoms with van der Waals surface area (Å²) in [7, 11) is 3.85. The normalized spacial score (nSPS) is 17.9. The number of likely N-dealkylation sites (N-methyl/N-ethyl adjacent to an activating group) is 1. The molecule has 21 heavy (non-hydrogen) atoms. The molecule has 1 N–H and O–H groups in total. The van der Waals surface area contributed by atoms with Gasteiger partial charge in [0.1, 0.15) is 6.61 Å². The van der Waals surface area contributed by atoms with Crippen LogP contribution < -0.4 is 5.32 Å². The molecule has 0 saturated carbocycles. The van der Waals surface area contributed by atoms with Crippen LogP contribution in [0.2, 0.25) is 0 Å². The summed E-state index contributed by atoms with van der Waals surface area (Å²) in [5.41, 5.74) is 0.448. The molecule has 5 heteroatoms. The third-order valence-corrected chi connectivity index (χ3v) is 2.98. The monoisotopic (exact) mass is 296 g/mol. The maximum absolute atomic E-state index is 11.1. The Balaban J connectivity index is 0.000000382. The van der Waals surface area contributed by atoms with E-state index in [1.807, 2.05) is 19.0 Å². The van der Waals surface area contributed by atoms with Crippen molar-refractivity contribution in [3.05, 3.63) is 24.8 Å². The van der Waals surface area contributed by atoms with Gasteiger partial charge in [-0.05, 0) is 33.9 Å². The molecule has 1 amide bonds. The summed E-state index contributed by atoms with van der Waals surface area (Å²) in [5.74, 6) is -0.109. The molecule has 1 unspecified atom stereocenters. The molecule has 1 aliphatic rings. The number of carbonyl (C=O) groups is 2. The number of hydrogen-bond acceptors (Lipinski definition) is 4. The summed E-state index contributed by atoms with van der Waals surface area (Å²) in [6.45, 7) is 10.7. The van der Waals surface area contributed by atoms with Crippen molar-refractivity contribution in [2.24, 2.45) is 5.92 Å². The molecule has 120 valence electrons. The topological polar surface area (TPSA) is 58.6 Å². The minimum atomic E-state index is -0.313. The Hall–Kier alpha value is -1.62. The first-order valence-corrected chi connectivity index (χ1v) is 7.26. The lowest BCUT2D eigenvalue weighted by Crippen LogP contribution is -2.27. The minimum Gasteiger partial charge on any atom is -0.461 e. The smallest absolute Gasteiger partial charge is 0.333 e. The van der Waals surface area contributed by atoms with Gasteiger partial charge in [-0.1, -0.05) is 19.1 Å². The van der Waals surface area contributed by atoms with Gasteiger partial charge in [0.15, 0.2) is 0 Å². The van der Waals surface area contributed by atoms with Crippen LogP contribution in [-0.4, -0.2) is 50.6 Å². The van der Waals surface area contributed by atoms with E-state index in [0.29, 0.717) is 12.2 Å². The Morgan fingerprint density at radius 3 is 2.67 bits per heavy atom. The van der Waals surface area contributed by atoms with Crippen LogP contribution in [0.25, 0.3) is 0 Å². The van der Waals surface area contributed by atoms with E-state index in [9.17, 15) is 9.59 Å². The van der Waals surface area contributed by atoms with Crippen molar-refractivity contribution in [3.63, 3.8) is 0 Å². The van der Waals surface area contributed by atoms with Crippen LogP contribution in [0.3, 0.4) is 0 Å². The van der Waals surface area contributed by atoms with Gasteiger partial charge in [0.25, 0.3) is 0 Å². The predicted molar refractivity (Wildman–Crippen MR) is 84.9 cm³/mol. The summed E-state index contributed by atoms with van der Waals surface area (Å²) in [4.78, 5) is 23.8. The molecule has 1 aliphatic heterocycles. The first-order valence-electron chi connectivity index (χ1n) is 7.26. The molecule has 0 aromatic heterocycles. The fraction of sp³-hybridized carbons (Fsp3) is 0.625. The lowest BCUT2D eigenvalue weighted by molar-refractivity contribution is -0.139. The van der Waals surface area contributed by atoms with Gasteiger partial charge in [0, 0.05) is 18.7 Å². The molecule has 0 bridgehead atoms. The Kier molecular flexibility index (Phi) is 10.2. The van der Waals surface area contributed by atoms with E-state index in [0.717, 1.165) is 32.4 Å². The van der Waals surface area contributed by atoms with E-state index < -0.39 is 0 Å². The molecule has 0 aliphatic carbocycles. The largest absolute Gasteiger partial charge is 0.461 e. The Labute approximate surface area is 128 Å². The van der Waals surface area contributed by atoms with Crippen molar-refractivity contribution < 1.29 is 14.3 Å². The molecule has 1 saturated heterocycles. The highest BCUT2D eigenvalue weighted by Gasteiger charge is 2.16. The maximum Gasteiger partial charge on any atom is 0.333 e. The Morgan fingerprint density at radius 2 is 2.14 bits per heavy atom. The SMILES string of the molecule is C=C(C)C(=O)OCCN(C)C.C=CC1CCCCNC1=O. The van der Waals surface area contributed by atoms with Crippen LogP contribution in [0.4, 0.5) is 0 Å². The quantitative estimate of drug-likeness (QED) is 0.477. The predicted octanol–water partition coefficient (Wildman–Crippen LogP) is 1.76. The summed E-state index contributed by atoms with van der Waals surface area (Å²) >= 11 is 0. The van der Waals surface area contributed by atoms with E-state index in [2.05, 4.69) is 18.5 Å². The molecule has 0 aromatic carbocycles. The lowest BCUT2D eigenvalue weighted by atomic mass is 10.0. The highest BCUT2D eigenvalue weighted by Crippen LogP contribution is 2.12. The van der Waals surface area contributed by atoms with Gasteiger partial charge in [-0.15, -0.1) is 6.58 Å². The summed E-state index contributed by atoms with van der Waals surface area (Å²) in [6.07, 6.45) is 4.95. The molecule has 0 spiro atoms. The van der Waals surface area contributed by atoms with Crippen LogP contribution >= 0.6 is 0 Å². The third kappa shape index (κ3) is 9.85. The minimum absolute atomic E-state index is 0.0579. The molecular formula is C16H28N2O3. The average molecular weight is 296 g/mol. The molecule has 0 aromatic rings. The van der Waals surface area contributed by atoms with Crippen LogP contribution in [0.1, 0.15) is 26.2 Å². The van der Waals surface area contributed by atoms with E-state index in [4.69, 9.17) is 4.74 Å². The molecule has 1 atom stereocenters. The standard InChI is InChI=1S/C8H15NO2.C8H13NO/c1-7(2)8(10)11-6-5-9(3)4;1-2-7-5-3-4-6-9-8(7)10/h1,5-6H2,2-4H3;2,7H,1,3-6H2,(H,9,10). The van der Waals surface area contributed by atoms with E-state index in [-0.39, 0.29) is 17.8 Å². The van der Waals surface area contributed by atoms with E-state index in [1.165, 1.54) is 0 Å². The molecule has 1 heterocycles. The number of nitrogens with one attached hydrogen (secondary N) is 1. The van der Waals surface area contributed by atoms with Crippen molar-refractivity contribution in [2.75, 3.05) is 33.8 Å². The molecule has 1 fully saturated rings. The first-order chi connectivity index (χ1) is 9.88. The van der Waals surface area contributed by atoms with Gasteiger partial charge in [-0.25, -0.2) is 4.79 Å². The van der Waals surface area contributed by atoms with E-state index >= 15 is 0 Å². The fourth-order valence-corrected chi connectivity index (χ4v) is 1.63. The zero-order valence-electron chi connectivity index (χ0n) is 13.5. The summed E-state index contributed by atoms with van der Waals surface area (Å²) < 4.78 is 4.83. The number of amides is 1. The van der Waals surface area contributed by atoms with Crippen molar-refractivity contribution in [1.29, 1.82) is 0 Å². The zero-order valence-corrected chi connectivity index (χ0v) is 13.5. The average Bonchev–Trinajstić information content (AvgIpc) is 2.63. The summed E-state index contributed by atoms with van der Waals surface area (Å²) in [6, 6.07) is 0. The van der Waals surface area contributed by atoms with Gasteiger partial charge >= 0.3 is 5.97 Å². The molecule has 0 radical (unpaired) electrons. The highest BCUT2D eigenvalue weighted by molar-refractivity contribution is 5.86. The van der Waals surface area contributed by atoms with Crippen molar-refractivity contribution >= 4 is 11.9 Å². The van der Waals surface area contributed by atoms with Gasteiger partial charge in [0.05, 0.1) is 5.92 Å². The van der Waals surface area contributed by atoms with Crippen LogP contribution in [0.15, 0.2) is 24.8 Å². The zero-order chi connectivity index (χ0) is 16.3. The van der Waals surface area contributed by atoms with Crippen LogP contribution in [0, 0.1) is 5.92 Å². The second kappa shape index (κ2) is 11.1. The van der Waals surface area contributed by atoms with Gasteiger partial charge < -0.3 is 15.0 Å². The number of hydrogen-bond donors (Lipinski definition) is 1. The molecular weight excluding hydrogens is 268 g/mol. The van der Waals surface area contributed by atoms with Crippen molar-refractivity contribution in [3.8, 4) is 0 Å². The number of rotatable bonds is 5. The second-order valence-electron chi connectivity index (χ2n) is 5.35. The van der Waals surface area contributed by atoms with Crippen LogP contribution in [-0.2, 0) is 14.3 Å². The van der Waals surface area contributed by atoms with Crippen molar-refractivity contribution in [2.45, 2.75) is 26.2 Å². The molecule has 1 rings (SSSR count). The number of ether oxygens (including phenoxy) is 1. The van der Waals surface area contributed by atoms with Gasteiger partial charge in [-0.3, -0.25) is 4.79 Å². The molecule has 5 nitrogen and oxygen atoms in total. The summed E-state index contributed by atoms with van der Waals surface area (Å²) in [5, 5.41) is 2.84. The highest BCUT2D eigenvalue weighted by atomic mass is 16.5. The second-order valence-corrected chi connectivity index (χ2v) is 5.35. The Bertz CT molecular complexity index is 365. The fourth-order valence-electron chi connectivity index (χ4n) is 1.63. The third-order valence-electron chi connectivity index (χ3n) is 2.98. The lowest BCUT2D eigenvalue weighted by Gasteiger charge is -2.09. The maximum atomic E-state index is 11.1. The Morgan fingerprint density at radius 1 is 1.48 bits per heavy atom. The van der Waals surface area contributed by atoms with Gasteiger partial charge in [-0.2, -0.15) is 0 Å². The number of nitrogens with zero attached hydrogens (tertiary/aromatic N) is 1.